The SMILES string of the molecule is Cc1ccc(Cl)cc1NCc1cc(C#N)n(C)c1C. The Kier molecular flexibility index (Phi) is 3.82. The van der Waals surface area contributed by atoms with E-state index >= 15 is 0 Å². The Bertz CT molecular complexity index is 650. The molecule has 19 heavy (non-hydrogen) atoms. The molecule has 0 aliphatic rings. The van der Waals surface area contributed by atoms with E-state index in [4.69, 9.17) is 16.9 Å². The van der Waals surface area contributed by atoms with Gasteiger partial charge in [0.25, 0.3) is 0 Å². The summed E-state index contributed by atoms with van der Waals surface area (Å²) < 4.78 is 1.90. The zero-order chi connectivity index (χ0) is 14.0. The Morgan fingerprint density at radius 1 is 1.32 bits per heavy atom. The van der Waals surface area contributed by atoms with Crippen LogP contribution in [0.4, 0.5) is 5.69 Å². The van der Waals surface area contributed by atoms with Crippen LogP contribution in [0.3, 0.4) is 0 Å². The molecule has 3 nitrogen and oxygen atoms in total. The van der Waals surface area contributed by atoms with E-state index in [1.165, 1.54) is 0 Å². The first-order chi connectivity index (χ1) is 9.02. The van der Waals surface area contributed by atoms with Gasteiger partial charge in [-0.2, -0.15) is 5.26 Å². The van der Waals surface area contributed by atoms with Gasteiger partial charge >= 0.3 is 0 Å². The van der Waals surface area contributed by atoms with Crippen molar-refractivity contribution in [2.45, 2.75) is 20.4 Å². The van der Waals surface area contributed by atoms with Gasteiger partial charge < -0.3 is 9.88 Å². The van der Waals surface area contributed by atoms with Crippen molar-refractivity contribution in [2.24, 2.45) is 7.05 Å². The predicted octanol–water partition coefficient (Wildman–Crippen LogP) is 3.78. The van der Waals surface area contributed by atoms with Crippen LogP contribution >= 0.6 is 11.6 Å². The van der Waals surface area contributed by atoms with Crippen molar-refractivity contribution >= 4 is 17.3 Å². The van der Waals surface area contributed by atoms with Crippen LogP contribution in [0.15, 0.2) is 24.3 Å². The van der Waals surface area contributed by atoms with Gasteiger partial charge in [-0.25, -0.2) is 0 Å². The van der Waals surface area contributed by atoms with Crippen molar-refractivity contribution in [1.82, 2.24) is 4.57 Å². The van der Waals surface area contributed by atoms with E-state index < -0.39 is 0 Å². The second-order valence-electron chi connectivity index (χ2n) is 4.62. The predicted molar refractivity (Wildman–Crippen MR) is 78.4 cm³/mol. The largest absolute Gasteiger partial charge is 0.381 e. The number of rotatable bonds is 3. The maximum Gasteiger partial charge on any atom is 0.120 e. The molecule has 98 valence electrons. The number of halogens is 1. The number of aromatic nitrogens is 1. The normalized spacial score (nSPS) is 10.3. The van der Waals surface area contributed by atoms with Gasteiger partial charge in [0.2, 0.25) is 0 Å². The van der Waals surface area contributed by atoms with E-state index in [1.807, 2.05) is 49.7 Å². The third-order valence-electron chi connectivity index (χ3n) is 3.42. The highest BCUT2D eigenvalue weighted by Crippen LogP contribution is 2.22. The first-order valence-corrected chi connectivity index (χ1v) is 6.46. The summed E-state index contributed by atoms with van der Waals surface area (Å²) in [4.78, 5) is 0. The van der Waals surface area contributed by atoms with E-state index in [0.717, 1.165) is 27.5 Å². The zero-order valence-corrected chi connectivity index (χ0v) is 12.0. The lowest BCUT2D eigenvalue weighted by molar-refractivity contribution is 0.856. The quantitative estimate of drug-likeness (QED) is 0.925. The van der Waals surface area contributed by atoms with Crippen molar-refractivity contribution < 1.29 is 0 Å². The van der Waals surface area contributed by atoms with E-state index in [-0.39, 0.29) is 0 Å². The van der Waals surface area contributed by atoms with Gasteiger partial charge in [0.05, 0.1) is 0 Å². The maximum absolute atomic E-state index is 9.01. The highest BCUT2D eigenvalue weighted by Gasteiger charge is 2.08. The molecular formula is C15H16ClN3. The average Bonchev–Trinajstić information content (AvgIpc) is 2.67. The van der Waals surface area contributed by atoms with Gasteiger partial charge in [0.1, 0.15) is 11.8 Å². The summed E-state index contributed by atoms with van der Waals surface area (Å²) in [5.74, 6) is 0. The molecule has 0 fully saturated rings. The lowest BCUT2D eigenvalue weighted by atomic mass is 10.2. The fourth-order valence-electron chi connectivity index (χ4n) is 2.02. The van der Waals surface area contributed by atoms with E-state index in [9.17, 15) is 0 Å². The molecule has 4 heteroatoms. The Balaban J connectivity index is 2.19. The number of anilines is 1. The van der Waals surface area contributed by atoms with E-state index in [2.05, 4.69) is 11.4 Å². The number of hydrogen-bond acceptors (Lipinski definition) is 2. The van der Waals surface area contributed by atoms with Crippen LogP contribution in [0.5, 0.6) is 0 Å². The van der Waals surface area contributed by atoms with Crippen LogP contribution in [-0.4, -0.2) is 4.57 Å². The number of nitrogens with one attached hydrogen (secondary N) is 1. The average molecular weight is 274 g/mol. The van der Waals surface area contributed by atoms with Gasteiger partial charge in [-0.15, -0.1) is 0 Å². The molecule has 1 heterocycles. The zero-order valence-electron chi connectivity index (χ0n) is 11.3. The number of nitriles is 1. The number of aryl methyl sites for hydroxylation is 1. The molecule has 0 bridgehead atoms. The Morgan fingerprint density at radius 2 is 2.05 bits per heavy atom. The summed E-state index contributed by atoms with van der Waals surface area (Å²) in [7, 11) is 1.90. The Hall–Kier alpha value is -1.92. The third kappa shape index (κ3) is 2.74. The molecular weight excluding hydrogens is 258 g/mol. The third-order valence-corrected chi connectivity index (χ3v) is 3.66. The minimum absolute atomic E-state index is 0.678. The summed E-state index contributed by atoms with van der Waals surface area (Å²) in [6.07, 6.45) is 0. The molecule has 0 saturated carbocycles. The topological polar surface area (TPSA) is 40.8 Å². The van der Waals surface area contributed by atoms with Crippen LogP contribution < -0.4 is 5.32 Å². The first-order valence-electron chi connectivity index (χ1n) is 6.08. The molecule has 1 aromatic carbocycles. The van der Waals surface area contributed by atoms with Crippen LogP contribution in [0, 0.1) is 25.2 Å². The molecule has 0 spiro atoms. The van der Waals surface area contributed by atoms with Gasteiger partial charge in [0, 0.05) is 30.0 Å². The molecule has 0 unspecified atom stereocenters. The second kappa shape index (κ2) is 5.38. The summed E-state index contributed by atoms with van der Waals surface area (Å²) in [5, 5.41) is 13.1. The number of benzene rings is 1. The lowest BCUT2D eigenvalue weighted by Crippen LogP contribution is -2.02. The monoisotopic (exact) mass is 273 g/mol. The molecule has 0 aliphatic heterocycles. The number of nitrogens with zero attached hydrogens (tertiary/aromatic N) is 2. The Morgan fingerprint density at radius 3 is 2.68 bits per heavy atom. The molecule has 0 atom stereocenters. The summed E-state index contributed by atoms with van der Waals surface area (Å²) >= 11 is 5.99. The van der Waals surface area contributed by atoms with Crippen LogP contribution in [0.2, 0.25) is 5.02 Å². The molecule has 0 amide bonds. The van der Waals surface area contributed by atoms with Crippen molar-refractivity contribution in [2.75, 3.05) is 5.32 Å². The van der Waals surface area contributed by atoms with Crippen LogP contribution in [0.1, 0.15) is 22.5 Å². The summed E-state index contributed by atoms with van der Waals surface area (Å²) in [6, 6.07) is 9.89. The molecule has 0 saturated heterocycles. The molecule has 0 aliphatic carbocycles. The smallest absolute Gasteiger partial charge is 0.120 e. The van der Waals surface area contributed by atoms with Gasteiger partial charge in [0.15, 0.2) is 0 Å². The molecule has 1 N–H and O–H groups in total. The second-order valence-corrected chi connectivity index (χ2v) is 5.06. The van der Waals surface area contributed by atoms with Gasteiger partial charge in [-0.3, -0.25) is 0 Å². The van der Waals surface area contributed by atoms with Crippen molar-refractivity contribution in [1.29, 1.82) is 5.26 Å². The fourth-order valence-corrected chi connectivity index (χ4v) is 2.20. The fraction of sp³-hybridized carbons (Fsp3) is 0.267. The Labute approximate surface area is 118 Å². The van der Waals surface area contributed by atoms with Crippen molar-refractivity contribution in [3.8, 4) is 6.07 Å². The molecule has 2 rings (SSSR count). The van der Waals surface area contributed by atoms with E-state index in [0.29, 0.717) is 12.2 Å². The van der Waals surface area contributed by atoms with Crippen LogP contribution in [-0.2, 0) is 13.6 Å². The molecule has 1 aromatic heterocycles. The van der Waals surface area contributed by atoms with Crippen molar-refractivity contribution in [3.05, 3.63) is 51.8 Å². The summed E-state index contributed by atoms with van der Waals surface area (Å²) in [5.41, 5.74) is 5.08. The molecule has 2 aromatic rings. The maximum atomic E-state index is 9.01. The highest BCUT2D eigenvalue weighted by molar-refractivity contribution is 6.30. The standard InChI is InChI=1S/C15H16ClN3/c1-10-4-5-13(16)7-15(10)18-9-12-6-14(8-17)19(3)11(12)2/h4-7,18H,9H2,1-3H3. The highest BCUT2D eigenvalue weighted by atomic mass is 35.5. The van der Waals surface area contributed by atoms with Crippen molar-refractivity contribution in [3.63, 3.8) is 0 Å². The minimum Gasteiger partial charge on any atom is -0.381 e. The molecule has 0 radical (unpaired) electrons. The summed E-state index contributed by atoms with van der Waals surface area (Å²) in [6.45, 7) is 4.74. The number of hydrogen-bond donors (Lipinski definition) is 1. The van der Waals surface area contributed by atoms with E-state index in [1.54, 1.807) is 0 Å². The van der Waals surface area contributed by atoms with Crippen LogP contribution in [0.25, 0.3) is 0 Å². The minimum atomic E-state index is 0.678. The first kappa shape index (κ1) is 13.5. The van der Waals surface area contributed by atoms with Gasteiger partial charge in [-0.1, -0.05) is 17.7 Å². The lowest BCUT2D eigenvalue weighted by Gasteiger charge is -2.10. The van der Waals surface area contributed by atoms with Gasteiger partial charge in [-0.05, 0) is 43.2 Å².